The SMILES string of the molecule is C=C[C@H](c1c(Br)ccc(Br)c1O)N1CCNCC1. The number of benzene rings is 1. The molecule has 2 N–H and O–H groups in total. The second-order valence-electron chi connectivity index (χ2n) is 4.26. The number of phenols is 1. The highest BCUT2D eigenvalue weighted by atomic mass is 79.9. The second-order valence-corrected chi connectivity index (χ2v) is 5.97. The van der Waals surface area contributed by atoms with Gasteiger partial charge in [-0.3, -0.25) is 4.90 Å². The first-order valence-electron chi connectivity index (χ1n) is 5.89. The number of halogens is 2. The number of phenolic OH excluding ortho intramolecular Hbond substituents is 1. The van der Waals surface area contributed by atoms with Crippen molar-refractivity contribution in [3.05, 3.63) is 39.3 Å². The van der Waals surface area contributed by atoms with Crippen molar-refractivity contribution >= 4 is 31.9 Å². The van der Waals surface area contributed by atoms with Crippen LogP contribution >= 0.6 is 31.9 Å². The Labute approximate surface area is 124 Å². The summed E-state index contributed by atoms with van der Waals surface area (Å²) >= 11 is 6.88. The molecule has 5 heteroatoms. The summed E-state index contributed by atoms with van der Waals surface area (Å²) in [5, 5.41) is 13.6. The Kier molecular flexibility index (Phi) is 4.84. The third-order valence-corrected chi connectivity index (χ3v) is 4.51. The molecule has 18 heavy (non-hydrogen) atoms. The van der Waals surface area contributed by atoms with E-state index in [9.17, 15) is 5.11 Å². The van der Waals surface area contributed by atoms with E-state index < -0.39 is 0 Å². The van der Waals surface area contributed by atoms with Crippen molar-refractivity contribution in [1.82, 2.24) is 10.2 Å². The highest BCUT2D eigenvalue weighted by molar-refractivity contribution is 9.11. The van der Waals surface area contributed by atoms with E-state index >= 15 is 0 Å². The minimum Gasteiger partial charge on any atom is -0.506 e. The lowest BCUT2D eigenvalue weighted by atomic mass is 10.0. The molecule has 0 saturated carbocycles. The predicted molar refractivity (Wildman–Crippen MR) is 80.9 cm³/mol. The first-order valence-corrected chi connectivity index (χ1v) is 7.48. The fourth-order valence-electron chi connectivity index (χ4n) is 2.25. The van der Waals surface area contributed by atoms with Gasteiger partial charge >= 0.3 is 0 Å². The Hall–Kier alpha value is -0.360. The average Bonchev–Trinajstić information content (AvgIpc) is 2.40. The Bertz CT molecular complexity index is 445. The predicted octanol–water partition coefficient (Wildman–Crippen LogP) is 3.05. The molecule has 0 bridgehead atoms. The summed E-state index contributed by atoms with van der Waals surface area (Å²) in [5.74, 6) is 0.285. The minimum absolute atomic E-state index is 0.0268. The molecule has 1 aromatic rings. The van der Waals surface area contributed by atoms with Crippen molar-refractivity contribution in [2.75, 3.05) is 26.2 Å². The summed E-state index contributed by atoms with van der Waals surface area (Å²) in [6.45, 7) is 7.76. The van der Waals surface area contributed by atoms with Crippen molar-refractivity contribution < 1.29 is 5.11 Å². The van der Waals surface area contributed by atoms with Crippen molar-refractivity contribution in [3.8, 4) is 5.75 Å². The standard InChI is InChI=1S/C13H16Br2N2O/c1-2-11(17-7-5-16-6-8-17)12-9(14)3-4-10(15)13(12)18/h2-4,11,16,18H,1,5-8H2/t11-/m1/s1. The smallest absolute Gasteiger partial charge is 0.135 e. The molecule has 1 saturated heterocycles. The van der Waals surface area contributed by atoms with E-state index in [0.717, 1.165) is 36.2 Å². The summed E-state index contributed by atoms with van der Waals surface area (Å²) in [7, 11) is 0. The Morgan fingerprint density at radius 3 is 2.50 bits per heavy atom. The maximum atomic E-state index is 10.2. The Balaban J connectivity index is 2.37. The van der Waals surface area contributed by atoms with Crippen LogP contribution in [0.2, 0.25) is 0 Å². The van der Waals surface area contributed by atoms with Crippen molar-refractivity contribution in [2.45, 2.75) is 6.04 Å². The zero-order valence-electron chi connectivity index (χ0n) is 10.00. The van der Waals surface area contributed by atoms with Crippen LogP contribution in [0.1, 0.15) is 11.6 Å². The lowest BCUT2D eigenvalue weighted by Crippen LogP contribution is -2.44. The van der Waals surface area contributed by atoms with Crippen LogP contribution in [0.25, 0.3) is 0 Å². The monoisotopic (exact) mass is 374 g/mol. The van der Waals surface area contributed by atoms with E-state index in [1.54, 1.807) is 0 Å². The van der Waals surface area contributed by atoms with Gasteiger partial charge in [0.15, 0.2) is 0 Å². The normalized spacial score (nSPS) is 18.6. The number of rotatable bonds is 3. The summed E-state index contributed by atoms with van der Waals surface area (Å²) in [6.07, 6.45) is 1.89. The molecular formula is C13H16Br2N2O. The number of hydrogen-bond acceptors (Lipinski definition) is 3. The van der Waals surface area contributed by atoms with Gasteiger partial charge in [0, 0.05) is 36.2 Å². The topological polar surface area (TPSA) is 35.5 Å². The van der Waals surface area contributed by atoms with Crippen LogP contribution in [0, 0.1) is 0 Å². The van der Waals surface area contributed by atoms with Crippen LogP contribution < -0.4 is 5.32 Å². The maximum absolute atomic E-state index is 10.2. The third kappa shape index (κ3) is 2.79. The van der Waals surface area contributed by atoms with Gasteiger partial charge in [-0.2, -0.15) is 0 Å². The van der Waals surface area contributed by atoms with Gasteiger partial charge < -0.3 is 10.4 Å². The maximum Gasteiger partial charge on any atom is 0.135 e. The molecule has 0 aromatic heterocycles. The van der Waals surface area contributed by atoms with Gasteiger partial charge in [0.1, 0.15) is 5.75 Å². The minimum atomic E-state index is 0.0268. The van der Waals surface area contributed by atoms with E-state index in [-0.39, 0.29) is 11.8 Å². The summed E-state index contributed by atoms with van der Waals surface area (Å²) < 4.78 is 1.62. The zero-order valence-corrected chi connectivity index (χ0v) is 13.2. The van der Waals surface area contributed by atoms with Crippen LogP contribution in [-0.2, 0) is 0 Å². The van der Waals surface area contributed by atoms with E-state index in [2.05, 4.69) is 48.7 Å². The molecule has 1 aromatic carbocycles. The van der Waals surface area contributed by atoms with Gasteiger partial charge in [-0.25, -0.2) is 0 Å². The van der Waals surface area contributed by atoms with Crippen LogP contribution in [0.5, 0.6) is 5.75 Å². The zero-order chi connectivity index (χ0) is 13.1. The number of nitrogens with one attached hydrogen (secondary N) is 1. The molecule has 1 atom stereocenters. The molecule has 2 rings (SSSR count). The molecular weight excluding hydrogens is 360 g/mol. The van der Waals surface area contributed by atoms with Crippen LogP contribution in [0.15, 0.2) is 33.7 Å². The van der Waals surface area contributed by atoms with Crippen molar-refractivity contribution in [1.29, 1.82) is 0 Å². The molecule has 0 aliphatic carbocycles. The number of piperazine rings is 1. The highest BCUT2D eigenvalue weighted by Crippen LogP contribution is 2.40. The molecule has 1 heterocycles. The molecule has 0 radical (unpaired) electrons. The van der Waals surface area contributed by atoms with E-state index in [4.69, 9.17) is 0 Å². The Morgan fingerprint density at radius 2 is 1.89 bits per heavy atom. The molecule has 1 fully saturated rings. The molecule has 0 amide bonds. The number of hydrogen-bond donors (Lipinski definition) is 2. The third-order valence-electron chi connectivity index (χ3n) is 3.18. The van der Waals surface area contributed by atoms with Crippen LogP contribution in [-0.4, -0.2) is 36.2 Å². The number of nitrogens with zero attached hydrogens (tertiary/aromatic N) is 1. The largest absolute Gasteiger partial charge is 0.506 e. The quantitative estimate of drug-likeness (QED) is 0.797. The molecule has 3 nitrogen and oxygen atoms in total. The van der Waals surface area contributed by atoms with Crippen molar-refractivity contribution in [3.63, 3.8) is 0 Å². The van der Waals surface area contributed by atoms with Gasteiger partial charge in [-0.15, -0.1) is 6.58 Å². The van der Waals surface area contributed by atoms with Gasteiger partial charge in [-0.05, 0) is 28.1 Å². The first-order chi connectivity index (χ1) is 8.65. The fraction of sp³-hybridized carbons (Fsp3) is 0.385. The van der Waals surface area contributed by atoms with E-state index in [1.807, 2.05) is 18.2 Å². The van der Waals surface area contributed by atoms with Crippen LogP contribution in [0.4, 0.5) is 0 Å². The van der Waals surface area contributed by atoms with Crippen molar-refractivity contribution in [2.24, 2.45) is 0 Å². The highest BCUT2D eigenvalue weighted by Gasteiger charge is 2.24. The summed E-state index contributed by atoms with van der Waals surface area (Å²) in [5.41, 5.74) is 0.876. The van der Waals surface area contributed by atoms with Gasteiger partial charge in [0.05, 0.1) is 10.5 Å². The lowest BCUT2D eigenvalue weighted by molar-refractivity contribution is 0.200. The van der Waals surface area contributed by atoms with E-state index in [0.29, 0.717) is 4.47 Å². The van der Waals surface area contributed by atoms with E-state index in [1.165, 1.54) is 0 Å². The average molecular weight is 376 g/mol. The van der Waals surface area contributed by atoms with Crippen LogP contribution in [0.3, 0.4) is 0 Å². The molecule has 0 spiro atoms. The van der Waals surface area contributed by atoms with Gasteiger partial charge in [0.25, 0.3) is 0 Å². The molecule has 1 aliphatic rings. The first kappa shape index (κ1) is 14.1. The molecule has 0 unspecified atom stereocenters. The lowest BCUT2D eigenvalue weighted by Gasteiger charge is -2.34. The summed E-state index contributed by atoms with van der Waals surface area (Å²) in [4.78, 5) is 2.32. The molecule has 1 aliphatic heterocycles. The Morgan fingerprint density at radius 1 is 1.28 bits per heavy atom. The van der Waals surface area contributed by atoms with Gasteiger partial charge in [0.2, 0.25) is 0 Å². The number of aromatic hydroxyl groups is 1. The molecule has 98 valence electrons. The second kappa shape index (κ2) is 6.19. The summed E-state index contributed by atoms with van der Waals surface area (Å²) in [6, 6.07) is 3.80. The fourth-order valence-corrected chi connectivity index (χ4v) is 3.15. The van der Waals surface area contributed by atoms with Gasteiger partial charge in [-0.1, -0.05) is 22.0 Å².